The highest BCUT2D eigenvalue weighted by Gasteiger charge is 2.38. The number of aliphatic hydroxyl groups is 1. The fourth-order valence-corrected chi connectivity index (χ4v) is 4.60. The van der Waals surface area contributed by atoms with Gasteiger partial charge in [0.25, 0.3) is 5.91 Å². The number of carbonyl (C=O) groups is 2. The number of fused-ring (bicyclic) bond motifs is 1. The molecule has 2 aliphatic heterocycles. The maximum atomic E-state index is 12.8. The molecule has 1 saturated heterocycles. The number of hydrogen-bond donors (Lipinski definition) is 3. The van der Waals surface area contributed by atoms with Crippen molar-refractivity contribution in [1.82, 2.24) is 15.5 Å². The topological polar surface area (TPSA) is 90.9 Å². The third kappa shape index (κ3) is 4.16. The fraction of sp³-hybridized carbons (Fsp3) is 0.545. The van der Waals surface area contributed by atoms with Crippen molar-refractivity contribution in [3.05, 3.63) is 41.6 Å². The molecule has 0 aromatic heterocycles. The van der Waals surface area contributed by atoms with E-state index in [1.54, 1.807) is 4.90 Å². The minimum absolute atomic E-state index is 0.0525. The van der Waals surface area contributed by atoms with Gasteiger partial charge in [-0.2, -0.15) is 0 Å². The summed E-state index contributed by atoms with van der Waals surface area (Å²) < 4.78 is 6.28. The van der Waals surface area contributed by atoms with Gasteiger partial charge in [0.15, 0.2) is 0 Å². The van der Waals surface area contributed by atoms with Gasteiger partial charge in [0.05, 0.1) is 6.61 Å². The van der Waals surface area contributed by atoms with Crippen LogP contribution in [0.1, 0.15) is 54.4 Å². The SMILES string of the molecule is C=C1CCC(N2Cc3cc(O[C@@H]4CCCC[C@H]4NCCO)ccc3C2=O)C(=O)N1. The molecule has 3 atom stereocenters. The van der Waals surface area contributed by atoms with Crippen LogP contribution in [0.5, 0.6) is 5.75 Å². The molecule has 7 heteroatoms. The molecule has 3 N–H and O–H groups in total. The quantitative estimate of drug-likeness (QED) is 0.677. The molecule has 29 heavy (non-hydrogen) atoms. The van der Waals surface area contributed by atoms with E-state index < -0.39 is 6.04 Å². The van der Waals surface area contributed by atoms with E-state index in [9.17, 15) is 9.59 Å². The van der Waals surface area contributed by atoms with Crippen LogP contribution in [-0.4, -0.2) is 53.2 Å². The van der Waals surface area contributed by atoms with Crippen molar-refractivity contribution in [2.45, 2.75) is 63.3 Å². The van der Waals surface area contributed by atoms with Crippen LogP contribution in [0.25, 0.3) is 0 Å². The number of allylic oxidation sites excluding steroid dienone is 1. The zero-order valence-corrected chi connectivity index (χ0v) is 16.7. The molecule has 0 radical (unpaired) electrons. The number of hydrogen-bond acceptors (Lipinski definition) is 5. The summed E-state index contributed by atoms with van der Waals surface area (Å²) in [5, 5.41) is 15.2. The Morgan fingerprint density at radius 1 is 1.24 bits per heavy atom. The number of ether oxygens (including phenoxy) is 1. The molecule has 3 aliphatic rings. The Labute approximate surface area is 171 Å². The van der Waals surface area contributed by atoms with Gasteiger partial charge in [-0.3, -0.25) is 9.59 Å². The van der Waals surface area contributed by atoms with Crippen molar-refractivity contribution in [3.8, 4) is 5.75 Å². The number of nitrogens with one attached hydrogen (secondary N) is 2. The Bertz CT molecular complexity index is 809. The summed E-state index contributed by atoms with van der Waals surface area (Å²) in [6.45, 7) is 4.91. The van der Waals surface area contributed by atoms with E-state index in [1.165, 1.54) is 0 Å². The number of carbonyl (C=O) groups excluding carboxylic acids is 2. The van der Waals surface area contributed by atoms with E-state index in [0.29, 0.717) is 37.2 Å². The average Bonchev–Trinajstić information content (AvgIpc) is 3.03. The van der Waals surface area contributed by atoms with Crippen molar-refractivity contribution in [1.29, 1.82) is 0 Å². The molecule has 0 spiro atoms. The molecule has 2 heterocycles. The lowest BCUT2D eigenvalue weighted by Crippen LogP contribution is -2.49. The molecule has 1 aromatic carbocycles. The van der Waals surface area contributed by atoms with Crippen LogP contribution in [0.2, 0.25) is 0 Å². The first kappa shape index (κ1) is 19.9. The average molecular weight is 399 g/mol. The molecule has 1 unspecified atom stereocenters. The zero-order valence-electron chi connectivity index (χ0n) is 16.7. The number of amides is 2. The number of rotatable bonds is 6. The van der Waals surface area contributed by atoms with Gasteiger partial charge < -0.3 is 25.4 Å². The molecule has 1 saturated carbocycles. The van der Waals surface area contributed by atoms with Crippen LogP contribution in [0.15, 0.2) is 30.5 Å². The first-order valence-electron chi connectivity index (χ1n) is 10.5. The van der Waals surface area contributed by atoms with Crippen LogP contribution in [-0.2, 0) is 11.3 Å². The Balaban J connectivity index is 1.46. The molecule has 7 nitrogen and oxygen atoms in total. The number of nitrogens with zero attached hydrogens (tertiary/aromatic N) is 1. The minimum Gasteiger partial charge on any atom is -0.489 e. The van der Waals surface area contributed by atoms with Gasteiger partial charge in [-0.05, 0) is 55.9 Å². The highest BCUT2D eigenvalue weighted by atomic mass is 16.5. The molecule has 0 bridgehead atoms. The lowest BCUT2D eigenvalue weighted by atomic mass is 9.92. The second-order valence-electron chi connectivity index (χ2n) is 8.12. The van der Waals surface area contributed by atoms with E-state index in [4.69, 9.17) is 9.84 Å². The van der Waals surface area contributed by atoms with Crippen LogP contribution < -0.4 is 15.4 Å². The van der Waals surface area contributed by atoms with Crippen LogP contribution in [0.3, 0.4) is 0 Å². The maximum Gasteiger partial charge on any atom is 0.255 e. The predicted molar refractivity (Wildman–Crippen MR) is 108 cm³/mol. The molecule has 2 amide bonds. The van der Waals surface area contributed by atoms with E-state index in [0.717, 1.165) is 37.0 Å². The lowest BCUT2D eigenvalue weighted by Gasteiger charge is -2.32. The molecule has 1 aliphatic carbocycles. The summed E-state index contributed by atoms with van der Waals surface area (Å²) in [7, 11) is 0. The third-order valence-corrected chi connectivity index (χ3v) is 6.12. The van der Waals surface area contributed by atoms with Crippen LogP contribution >= 0.6 is 0 Å². The number of piperidine rings is 1. The molecule has 156 valence electrons. The summed E-state index contributed by atoms with van der Waals surface area (Å²) in [5.74, 6) is 0.501. The second kappa shape index (κ2) is 8.55. The molecular weight excluding hydrogens is 370 g/mol. The van der Waals surface area contributed by atoms with Gasteiger partial charge in [0.2, 0.25) is 5.91 Å². The third-order valence-electron chi connectivity index (χ3n) is 6.12. The van der Waals surface area contributed by atoms with Gasteiger partial charge in [-0.15, -0.1) is 0 Å². The zero-order chi connectivity index (χ0) is 20.4. The van der Waals surface area contributed by atoms with Gasteiger partial charge in [0, 0.05) is 30.4 Å². The van der Waals surface area contributed by atoms with Crippen molar-refractivity contribution < 1.29 is 19.4 Å². The van der Waals surface area contributed by atoms with Crippen LogP contribution in [0, 0.1) is 0 Å². The normalized spacial score (nSPS) is 27.0. The maximum absolute atomic E-state index is 12.8. The minimum atomic E-state index is -0.449. The second-order valence-corrected chi connectivity index (χ2v) is 8.12. The predicted octanol–water partition coefficient (Wildman–Crippen LogP) is 1.71. The van der Waals surface area contributed by atoms with Crippen molar-refractivity contribution in [2.75, 3.05) is 13.2 Å². The van der Waals surface area contributed by atoms with Crippen molar-refractivity contribution in [2.24, 2.45) is 0 Å². The molecular formula is C22H29N3O4. The monoisotopic (exact) mass is 399 g/mol. The Morgan fingerprint density at radius 3 is 2.86 bits per heavy atom. The molecule has 4 rings (SSSR count). The number of benzene rings is 1. The smallest absolute Gasteiger partial charge is 0.255 e. The molecule has 1 aromatic rings. The Kier molecular flexibility index (Phi) is 5.87. The summed E-state index contributed by atoms with van der Waals surface area (Å²) in [6, 6.07) is 5.37. The molecule has 2 fully saturated rings. The van der Waals surface area contributed by atoms with E-state index in [2.05, 4.69) is 17.2 Å². The van der Waals surface area contributed by atoms with Crippen molar-refractivity contribution >= 4 is 11.8 Å². The standard InChI is InChI=1S/C22H29N3O4/c1-14-6-9-19(21(27)24-14)25-13-15-12-16(7-8-17(15)22(25)28)29-20-5-3-2-4-18(20)23-10-11-26/h7-8,12,18-20,23,26H,1-6,9-11,13H2,(H,24,27)/t18-,19?,20-/m1/s1. The summed E-state index contributed by atoms with van der Waals surface area (Å²) in [6.07, 6.45) is 5.63. The summed E-state index contributed by atoms with van der Waals surface area (Å²) >= 11 is 0. The Hall–Kier alpha value is -2.38. The largest absolute Gasteiger partial charge is 0.489 e. The van der Waals surface area contributed by atoms with Gasteiger partial charge in [0.1, 0.15) is 17.9 Å². The Morgan fingerprint density at radius 2 is 2.07 bits per heavy atom. The fourth-order valence-electron chi connectivity index (χ4n) is 4.60. The van der Waals surface area contributed by atoms with Gasteiger partial charge in [-0.1, -0.05) is 13.0 Å². The summed E-state index contributed by atoms with van der Waals surface area (Å²) in [5.41, 5.74) is 2.26. The highest BCUT2D eigenvalue weighted by molar-refractivity contribution is 6.01. The van der Waals surface area contributed by atoms with E-state index >= 15 is 0 Å². The number of aliphatic hydroxyl groups excluding tert-OH is 1. The summed E-state index contributed by atoms with van der Waals surface area (Å²) in [4.78, 5) is 26.8. The first-order valence-corrected chi connectivity index (χ1v) is 10.5. The first-order chi connectivity index (χ1) is 14.1. The van der Waals surface area contributed by atoms with Crippen molar-refractivity contribution in [3.63, 3.8) is 0 Å². The lowest BCUT2D eigenvalue weighted by molar-refractivity contribution is -0.126. The van der Waals surface area contributed by atoms with E-state index in [1.807, 2.05) is 18.2 Å². The van der Waals surface area contributed by atoms with E-state index in [-0.39, 0.29) is 30.6 Å². The van der Waals surface area contributed by atoms with Gasteiger partial charge >= 0.3 is 0 Å². The highest BCUT2D eigenvalue weighted by Crippen LogP contribution is 2.32. The van der Waals surface area contributed by atoms with Crippen LogP contribution in [0.4, 0.5) is 0 Å². The van der Waals surface area contributed by atoms with Gasteiger partial charge in [-0.25, -0.2) is 0 Å².